The molecule has 0 fully saturated rings. The molecular weight excluding hydrogens is 331 g/mol. The van der Waals surface area contributed by atoms with Crippen LogP contribution in [-0.4, -0.2) is 18.0 Å². The molecule has 0 aliphatic heterocycles. The molecule has 134 valence electrons. The van der Waals surface area contributed by atoms with Gasteiger partial charge in [0.1, 0.15) is 0 Å². The molecule has 0 heterocycles. The number of amides is 2. The van der Waals surface area contributed by atoms with Gasteiger partial charge in [0.2, 0.25) is 0 Å². The molecule has 0 bridgehead atoms. The summed E-state index contributed by atoms with van der Waals surface area (Å²) in [6.07, 6.45) is 0. The summed E-state index contributed by atoms with van der Waals surface area (Å²) in [4.78, 5) is 14.5. The summed E-state index contributed by atoms with van der Waals surface area (Å²) in [7, 11) is 1.82. The minimum Gasteiger partial charge on any atom is -0.432 e. The fourth-order valence-electron chi connectivity index (χ4n) is 2.94. The van der Waals surface area contributed by atoms with Gasteiger partial charge < -0.3 is 10.2 Å². The van der Waals surface area contributed by atoms with E-state index in [2.05, 4.69) is 51.2 Å². The Hall–Kier alpha value is -1.29. The van der Waals surface area contributed by atoms with Crippen LogP contribution in [0, 0.1) is 0 Å². The molecule has 0 aliphatic rings. The number of urea groups is 1. The van der Waals surface area contributed by atoms with Crippen molar-refractivity contribution in [2.45, 2.75) is 52.5 Å². The maximum Gasteiger partial charge on any atom is 1.00 e. The zero-order chi connectivity index (χ0) is 18.6. The second-order valence-corrected chi connectivity index (χ2v) is 7.19. The van der Waals surface area contributed by atoms with Crippen LogP contribution in [0.4, 0.5) is 10.5 Å². The Bertz CT molecular complexity index is 687. The van der Waals surface area contributed by atoms with E-state index in [1.807, 2.05) is 44.3 Å². The Morgan fingerprint density at radius 1 is 0.846 bits per heavy atom. The molecule has 2 aromatic rings. The molecular formula is C22H29N2NaO. The van der Waals surface area contributed by atoms with Crippen molar-refractivity contribution in [1.82, 2.24) is 4.90 Å². The van der Waals surface area contributed by atoms with Crippen LogP contribution in [0.2, 0.25) is 0 Å². The quantitative estimate of drug-likeness (QED) is 0.748. The summed E-state index contributed by atoms with van der Waals surface area (Å²) in [5.41, 5.74) is 4.19. The smallest absolute Gasteiger partial charge is 0.432 e. The molecule has 0 saturated heterocycles. The number of hydrogen-bond donors (Lipinski definition) is 0. The molecule has 2 aromatic carbocycles. The first-order chi connectivity index (χ1) is 11.8. The number of hydrogen-bond acceptors (Lipinski definition) is 1. The molecule has 0 aliphatic carbocycles. The molecule has 3 nitrogen and oxygen atoms in total. The number of carbonyl (C=O) groups is 1. The molecule has 0 radical (unpaired) electrons. The van der Waals surface area contributed by atoms with Crippen LogP contribution in [0.25, 0.3) is 5.32 Å². The van der Waals surface area contributed by atoms with E-state index >= 15 is 0 Å². The summed E-state index contributed by atoms with van der Waals surface area (Å²) in [6, 6.07) is 16.0. The minimum atomic E-state index is -0.202. The van der Waals surface area contributed by atoms with E-state index < -0.39 is 0 Å². The van der Waals surface area contributed by atoms with Gasteiger partial charge in [0.15, 0.2) is 6.03 Å². The predicted molar refractivity (Wildman–Crippen MR) is 106 cm³/mol. The number of benzene rings is 2. The van der Waals surface area contributed by atoms with Gasteiger partial charge in [0.25, 0.3) is 0 Å². The first-order valence-corrected chi connectivity index (χ1v) is 8.99. The summed E-state index contributed by atoms with van der Waals surface area (Å²) in [5, 5.41) is 4.53. The maximum atomic E-state index is 12.8. The summed E-state index contributed by atoms with van der Waals surface area (Å²) in [6.45, 7) is 10.6. The van der Waals surface area contributed by atoms with Crippen LogP contribution >= 0.6 is 0 Å². The van der Waals surface area contributed by atoms with Crippen molar-refractivity contribution in [3.05, 3.63) is 70.5 Å². The van der Waals surface area contributed by atoms with Crippen LogP contribution in [0.5, 0.6) is 0 Å². The van der Waals surface area contributed by atoms with Crippen molar-refractivity contribution in [3.8, 4) is 0 Å². The van der Waals surface area contributed by atoms with Gasteiger partial charge in [0, 0.05) is 0 Å². The topological polar surface area (TPSA) is 34.4 Å². The largest absolute Gasteiger partial charge is 1.00 e. The first-order valence-electron chi connectivity index (χ1n) is 8.99. The third-order valence-electron chi connectivity index (χ3n) is 4.71. The van der Waals surface area contributed by atoms with Crippen LogP contribution in [-0.2, 0) is 0 Å². The van der Waals surface area contributed by atoms with Crippen molar-refractivity contribution in [3.63, 3.8) is 0 Å². The SMILES string of the molecule is CC(C)c1cccc(C(C)C)c1[N-]C(=O)N(C)C(C)c1ccccc1.[Na+]. The van der Waals surface area contributed by atoms with Gasteiger partial charge in [-0.3, -0.25) is 4.79 Å². The standard InChI is InChI=1S/C22H30N2O.Na/c1-15(2)19-13-10-14-20(16(3)4)21(19)23-22(25)24(6)17(5)18-11-8-7-9-12-18;/h7-17H,1-6H3,(H,23,25);/q;+1/p-1. The number of rotatable bonds is 5. The van der Waals surface area contributed by atoms with Gasteiger partial charge in [-0.15, -0.1) is 0 Å². The number of carbonyl (C=O) groups excluding carboxylic acids is 1. The average Bonchev–Trinajstić information content (AvgIpc) is 2.60. The van der Waals surface area contributed by atoms with Crippen molar-refractivity contribution in [2.75, 3.05) is 7.05 Å². The van der Waals surface area contributed by atoms with Crippen molar-refractivity contribution in [2.24, 2.45) is 0 Å². The van der Waals surface area contributed by atoms with Crippen LogP contribution in [0.3, 0.4) is 0 Å². The van der Waals surface area contributed by atoms with Crippen LogP contribution < -0.4 is 29.6 Å². The molecule has 1 unspecified atom stereocenters. The monoisotopic (exact) mass is 360 g/mol. The third kappa shape index (κ3) is 5.35. The van der Waals surface area contributed by atoms with Gasteiger partial charge in [-0.05, 0) is 40.3 Å². The van der Waals surface area contributed by atoms with E-state index in [1.54, 1.807) is 4.90 Å². The van der Waals surface area contributed by atoms with E-state index in [1.165, 1.54) is 0 Å². The van der Waals surface area contributed by atoms with Crippen molar-refractivity contribution < 1.29 is 34.4 Å². The van der Waals surface area contributed by atoms with Crippen LogP contribution in [0.15, 0.2) is 48.5 Å². The Labute approximate surface area is 180 Å². The molecule has 2 amide bonds. The molecule has 0 aromatic heterocycles. The van der Waals surface area contributed by atoms with Gasteiger partial charge in [-0.25, -0.2) is 0 Å². The predicted octanol–water partition coefficient (Wildman–Crippen LogP) is 3.76. The van der Waals surface area contributed by atoms with E-state index in [0.717, 1.165) is 22.4 Å². The van der Waals surface area contributed by atoms with Gasteiger partial charge >= 0.3 is 29.6 Å². The Balaban J connectivity index is 0.00000338. The Morgan fingerprint density at radius 2 is 1.35 bits per heavy atom. The fraction of sp³-hybridized carbons (Fsp3) is 0.409. The average molecular weight is 360 g/mol. The van der Waals surface area contributed by atoms with Gasteiger partial charge in [-0.1, -0.05) is 90.2 Å². The number of nitrogens with zero attached hydrogens (tertiary/aromatic N) is 2. The van der Waals surface area contributed by atoms with E-state index in [9.17, 15) is 4.79 Å². The van der Waals surface area contributed by atoms with Crippen LogP contribution in [0.1, 0.15) is 69.2 Å². The molecule has 2 rings (SSSR count). The molecule has 26 heavy (non-hydrogen) atoms. The van der Waals surface area contributed by atoms with E-state index in [4.69, 9.17) is 0 Å². The summed E-state index contributed by atoms with van der Waals surface area (Å²) in [5.74, 6) is 0.643. The van der Waals surface area contributed by atoms with Crippen molar-refractivity contribution >= 4 is 11.7 Å². The molecule has 1 atom stereocenters. The van der Waals surface area contributed by atoms with E-state index in [-0.39, 0.29) is 41.6 Å². The zero-order valence-electron chi connectivity index (χ0n) is 17.2. The zero-order valence-corrected chi connectivity index (χ0v) is 19.2. The molecule has 4 heteroatoms. The minimum absolute atomic E-state index is 0. The second-order valence-electron chi connectivity index (χ2n) is 7.19. The molecule has 0 saturated carbocycles. The normalized spacial score (nSPS) is 11.8. The van der Waals surface area contributed by atoms with Gasteiger partial charge in [0.05, 0.1) is 0 Å². The van der Waals surface area contributed by atoms with Crippen molar-refractivity contribution in [1.29, 1.82) is 0 Å². The molecule has 0 N–H and O–H groups in total. The first kappa shape index (κ1) is 22.8. The second kappa shape index (κ2) is 10.1. The molecule has 0 spiro atoms. The van der Waals surface area contributed by atoms with E-state index in [0.29, 0.717) is 11.8 Å². The van der Waals surface area contributed by atoms with Gasteiger partial charge in [-0.2, -0.15) is 0 Å². The summed E-state index contributed by atoms with van der Waals surface area (Å²) >= 11 is 0. The maximum absolute atomic E-state index is 12.8. The fourth-order valence-corrected chi connectivity index (χ4v) is 2.94. The Kier molecular flexibility index (Phi) is 8.88. The summed E-state index contributed by atoms with van der Waals surface area (Å²) < 4.78 is 0. The third-order valence-corrected chi connectivity index (χ3v) is 4.71. The number of para-hydroxylation sites is 1. The Morgan fingerprint density at radius 3 is 1.81 bits per heavy atom.